The van der Waals surface area contributed by atoms with Gasteiger partial charge in [0.15, 0.2) is 0 Å². The Kier molecular flexibility index (Phi) is 5.55. The van der Waals surface area contributed by atoms with Crippen LogP contribution in [0.2, 0.25) is 0 Å². The second kappa shape index (κ2) is 8.50. The molecule has 0 aromatic carbocycles. The number of likely N-dealkylation sites (tertiary alicyclic amines) is 2. The Morgan fingerprint density at radius 2 is 1.88 bits per heavy atom. The van der Waals surface area contributed by atoms with Crippen LogP contribution in [0.4, 0.5) is 5.69 Å². The number of nitrogens with one attached hydrogen (secondary N) is 1. The molecule has 168 valence electrons. The maximum Gasteiger partial charge on any atom is 0.274 e. The first-order valence-electron chi connectivity index (χ1n) is 11.5. The van der Waals surface area contributed by atoms with Crippen LogP contribution < -0.4 is 10.9 Å². The molecule has 2 atom stereocenters. The minimum Gasteiger partial charge on any atom is -0.343 e. The van der Waals surface area contributed by atoms with E-state index >= 15 is 0 Å². The molecule has 0 spiro atoms. The van der Waals surface area contributed by atoms with Crippen molar-refractivity contribution in [3.8, 4) is 0 Å². The third-order valence-electron chi connectivity index (χ3n) is 7.19. The predicted octanol–water partition coefficient (Wildman–Crippen LogP) is 1.93. The Hall–Kier alpha value is -3.00. The Morgan fingerprint density at radius 1 is 1.06 bits per heavy atom. The van der Waals surface area contributed by atoms with Crippen LogP contribution in [0.3, 0.4) is 0 Å². The number of pyridine rings is 2. The Labute approximate surface area is 187 Å². The van der Waals surface area contributed by atoms with Gasteiger partial charge in [0.1, 0.15) is 5.69 Å². The molecule has 3 aliphatic rings. The largest absolute Gasteiger partial charge is 0.343 e. The summed E-state index contributed by atoms with van der Waals surface area (Å²) in [5, 5.41) is 3.01. The third-order valence-corrected chi connectivity index (χ3v) is 7.19. The van der Waals surface area contributed by atoms with E-state index in [-0.39, 0.29) is 23.3 Å². The third kappa shape index (κ3) is 3.95. The zero-order valence-electron chi connectivity index (χ0n) is 18.4. The predicted molar refractivity (Wildman–Crippen MR) is 121 cm³/mol. The Balaban J connectivity index is 1.38. The lowest BCUT2D eigenvalue weighted by molar-refractivity contribution is -0.130. The summed E-state index contributed by atoms with van der Waals surface area (Å²) in [6.45, 7) is 5.80. The standard InChI is InChI=1S/C24H29N5O3/c1-16(30)27-10-7-19(8-11-27)28-13-17-12-18(15-28)23-20(5-6-22(31)29(23)14-17)26-24(32)21-4-2-3-9-25-21/h2-6,9,17-19H,7-8,10-15H2,1H3,(H,26,32). The molecule has 0 saturated carbocycles. The van der Waals surface area contributed by atoms with Crippen LogP contribution in [0, 0.1) is 5.92 Å². The van der Waals surface area contributed by atoms with Crippen LogP contribution in [0.25, 0.3) is 0 Å². The van der Waals surface area contributed by atoms with Crippen molar-refractivity contribution in [2.24, 2.45) is 5.92 Å². The number of hydrogen-bond acceptors (Lipinski definition) is 5. The van der Waals surface area contributed by atoms with E-state index < -0.39 is 0 Å². The van der Waals surface area contributed by atoms with E-state index in [0.717, 1.165) is 51.1 Å². The number of fused-ring (bicyclic) bond motifs is 4. The van der Waals surface area contributed by atoms with E-state index in [2.05, 4.69) is 15.2 Å². The van der Waals surface area contributed by atoms with Gasteiger partial charge < -0.3 is 14.8 Å². The van der Waals surface area contributed by atoms with Crippen LogP contribution in [0.1, 0.15) is 48.3 Å². The van der Waals surface area contributed by atoms with Crippen molar-refractivity contribution in [3.05, 3.63) is 58.3 Å². The number of carbonyl (C=O) groups is 2. The lowest BCUT2D eigenvalue weighted by atomic mass is 9.81. The minimum atomic E-state index is -0.265. The number of nitrogens with zero attached hydrogens (tertiary/aromatic N) is 4. The van der Waals surface area contributed by atoms with Gasteiger partial charge in [-0.1, -0.05) is 6.07 Å². The topological polar surface area (TPSA) is 87.5 Å². The number of anilines is 1. The summed E-state index contributed by atoms with van der Waals surface area (Å²) in [5.41, 5.74) is 1.99. The second-order valence-corrected chi connectivity index (χ2v) is 9.24. The van der Waals surface area contributed by atoms with Gasteiger partial charge in [-0.05, 0) is 43.4 Å². The van der Waals surface area contributed by atoms with Crippen molar-refractivity contribution < 1.29 is 9.59 Å². The number of aromatic nitrogens is 2. The van der Waals surface area contributed by atoms with Crippen LogP contribution in [-0.4, -0.2) is 63.4 Å². The van der Waals surface area contributed by atoms with E-state index in [4.69, 9.17) is 0 Å². The van der Waals surface area contributed by atoms with Gasteiger partial charge in [-0.15, -0.1) is 0 Å². The van der Waals surface area contributed by atoms with Crippen LogP contribution >= 0.6 is 0 Å². The van der Waals surface area contributed by atoms with Crippen molar-refractivity contribution in [2.45, 2.75) is 44.7 Å². The molecule has 2 bridgehead atoms. The summed E-state index contributed by atoms with van der Waals surface area (Å²) >= 11 is 0. The first-order valence-corrected chi connectivity index (χ1v) is 11.5. The SMILES string of the molecule is CC(=O)N1CCC(N2CC3CC(C2)c2c(NC(=O)c4ccccn4)ccc(=O)n2C3)CC1. The number of carbonyl (C=O) groups excluding carboxylic acids is 2. The monoisotopic (exact) mass is 435 g/mol. The average Bonchev–Trinajstić information content (AvgIpc) is 2.81. The molecule has 2 aromatic heterocycles. The average molecular weight is 436 g/mol. The molecule has 2 saturated heterocycles. The summed E-state index contributed by atoms with van der Waals surface area (Å²) in [5.74, 6) is 0.506. The van der Waals surface area contributed by atoms with Crippen molar-refractivity contribution >= 4 is 17.5 Å². The fourth-order valence-electron chi connectivity index (χ4n) is 5.69. The van der Waals surface area contributed by atoms with Gasteiger partial charge in [0.05, 0.1) is 5.69 Å². The molecule has 2 fully saturated rings. The van der Waals surface area contributed by atoms with Gasteiger partial charge in [0.25, 0.3) is 11.5 Å². The van der Waals surface area contributed by atoms with Gasteiger partial charge in [-0.3, -0.25) is 24.3 Å². The summed E-state index contributed by atoms with van der Waals surface area (Å²) in [6, 6.07) is 8.99. The van der Waals surface area contributed by atoms with Crippen LogP contribution in [0.5, 0.6) is 0 Å². The molecule has 1 N–H and O–H groups in total. The molecule has 8 nitrogen and oxygen atoms in total. The molecule has 2 unspecified atom stereocenters. The van der Waals surface area contributed by atoms with Crippen molar-refractivity contribution in [2.75, 3.05) is 31.5 Å². The highest BCUT2D eigenvalue weighted by Crippen LogP contribution is 2.40. The lowest BCUT2D eigenvalue weighted by Gasteiger charge is -2.47. The molecule has 2 amide bonds. The van der Waals surface area contributed by atoms with Gasteiger partial charge in [0.2, 0.25) is 5.91 Å². The highest BCUT2D eigenvalue weighted by atomic mass is 16.2. The zero-order chi connectivity index (χ0) is 22.2. The van der Waals surface area contributed by atoms with Crippen LogP contribution in [-0.2, 0) is 11.3 Å². The first-order chi connectivity index (χ1) is 15.5. The fraction of sp³-hybridized carbons (Fsp3) is 0.500. The molecule has 3 aliphatic heterocycles. The normalized spacial score (nSPS) is 23.5. The number of amides is 2. The molecular formula is C24H29N5O3. The zero-order valence-corrected chi connectivity index (χ0v) is 18.4. The van der Waals surface area contributed by atoms with Crippen molar-refractivity contribution in [1.82, 2.24) is 19.4 Å². The van der Waals surface area contributed by atoms with Gasteiger partial charge in [-0.2, -0.15) is 0 Å². The smallest absolute Gasteiger partial charge is 0.274 e. The number of rotatable bonds is 3. The van der Waals surface area contributed by atoms with Crippen molar-refractivity contribution in [1.29, 1.82) is 0 Å². The summed E-state index contributed by atoms with van der Waals surface area (Å²) in [6.07, 6.45) is 4.60. The maximum absolute atomic E-state index is 12.8. The van der Waals surface area contributed by atoms with E-state index in [0.29, 0.717) is 29.9 Å². The van der Waals surface area contributed by atoms with Gasteiger partial charge in [0, 0.05) is 69.6 Å². The Morgan fingerprint density at radius 3 is 2.59 bits per heavy atom. The number of hydrogen-bond donors (Lipinski definition) is 1. The molecule has 32 heavy (non-hydrogen) atoms. The van der Waals surface area contributed by atoms with E-state index in [1.165, 1.54) is 0 Å². The quantitative estimate of drug-likeness (QED) is 0.796. The molecule has 0 aliphatic carbocycles. The van der Waals surface area contributed by atoms with Crippen molar-refractivity contribution in [3.63, 3.8) is 0 Å². The molecular weight excluding hydrogens is 406 g/mol. The van der Waals surface area contributed by atoms with E-state index in [1.54, 1.807) is 43.5 Å². The number of piperidine rings is 2. The van der Waals surface area contributed by atoms with Gasteiger partial charge in [-0.25, -0.2) is 0 Å². The van der Waals surface area contributed by atoms with E-state index in [9.17, 15) is 14.4 Å². The minimum absolute atomic E-state index is 0.00579. The molecule has 5 heterocycles. The molecule has 0 radical (unpaired) electrons. The maximum atomic E-state index is 12.8. The Bertz CT molecular complexity index is 1070. The van der Waals surface area contributed by atoms with E-state index in [1.807, 2.05) is 9.47 Å². The van der Waals surface area contributed by atoms with Crippen LogP contribution in [0.15, 0.2) is 41.3 Å². The summed E-state index contributed by atoms with van der Waals surface area (Å²) in [7, 11) is 0. The highest BCUT2D eigenvalue weighted by molar-refractivity contribution is 6.03. The molecule has 2 aromatic rings. The lowest BCUT2D eigenvalue weighted by Crippen LogP contribution is -2.53. The molecule has 5 rings (SSSR count). The first kappa shape index (κ1) is 20.9. The summed E-state index contributed by atoms with van der Waals surface area (Å²) in [4.78, 5) is 45.7. The summed E-state index contributed by atoms with van der Waals surface area (Å²) < 4.78 is 1.86. The van der Waals surface area contributed by atoms with Gasteiger partial charge >= 0.3 is 0 Å². The highest BCUT2D eigenvalue weighted by Gasteiger charge is 2.39. The second-order valence-electron chi connectivity index (χ2n) is 9.24. The fourth-order valence-corrected chi connectivity index (χ4v) is 5.69. The molecule has 8 heteroatoms.